The van der Waals surface area contributed by atoms with Crippen LogP contribution in [0.5, 0.6) is 0 Å². The molecule has 1 fully saturated rings. The van der Waals surface area contributed by atoms with Crippen LogP contribution in [0.25, 0.3) is 5.69 Å². The fraction of sp³-hybridized carbons (Fsp3) is 0.320. The first-order valence-electron chi connectivity index (χ1n) is 10.8. The molecule has 1 aliphatic heterocycles. The van der Waals surface area contributed by atoms with Crippen molar-refractivity contribution in [1.29, 1.82) is 0 Å². The summed E-state index contributed by atoms with van der Waals surface area (Å²) >= 11 is 5.75. The molecule has 3 aromatic rings. The zero-order valence-electron chi connectivity index (χ0n) is 18.7. The molecule has 0 spiro atoms. The van der Waals surface area contributed by atoms with Gasteiger partial charge in [-0.3, -0.25) is 4.98 Å². The van der Waals surface area contributed by atoms with Gasteiger partial charge in [0.15, 0.2) is 5.11 Å². The molecule has 2 N–H and O–H groups in total. The third kappa shape index (κ3) is 4.00. The summed E-state index contributed by atoms with van der Waals surface area (Å²) in [6.07, 6.45) is 1.81. The molecule has 2 atom stereocenters. The molecule has 1 saturated heterocycles. The summed E-state index contributed by atoms with van der Waals surface area (Å²) in [4.78, 5) is 18.4. The maximum atomic E-state index is 11.5. The molecule has 166 valence electrons. The van der Waals surface area contributed by atoms with Crippen molar-refractivity contribution in [2.45, 2.75) is 39.8 Å². The van der Waals surface area contributed by atoms with Gasteiger partial charge >= 0.3 is 5.97 Å². The van der Waals surface area contributed by atoms with Gasteiger partial charge in [0.25, 0.3) is 0 Å². The number of pyridine rings is 1. The molecule has 4 rings (SSSR count). The Morgan fingerprint density at radius 1 is 1.19 bits per heavy atom. The highest BCUT2D eigenvalue weighted by Crippen LogP contribution is 2.41. The molecule has 0 saturated carbocycles. The van der Waals surface area contributed by atoms with Crippen molar-refractivity contribution in [3.05, 3.63) is 82.9 Å². The molecule has 2 aromatic heterocycles. The molecule has 3 heterocycles. The zero-order valence-corrected chi connectivity index (χ0v) is 19.6. The number of hydrogen-bond donors (Lipinski definition) is 2. The summed E-state index contributed by atoms with van der Waals surface area (Å²) < 4.78 is 2.12. The van der Waals surface area contributed by atoms with Gasteiger partial charge in [0.1, 0.15) is 0 Å². The molecule has 7 heteroatoms. The number of hydrogen-bond acceptors (Lipinski definition) is 3. The lowest BCUT2D eigenvalue weighted by molar-refractivity contribution is 0.0697. The van der Waals surface area contributed by atoms with E-state index in [0.717, 1.165) is 40.0 Å². The maximum Gasteiger partial charge on any atom is 0.335 e. The highest BCUT2D eigenvalue weighted by molar-refractivity contribution is 7.80. The van der Waals surface area contributed by atoms with E-state index >= 15 is 0 Å². The fourth-order valence-electron chi connectivity index (χ4n) is 4.60. The highest BCUT2D eigenvalue weighted by atomic mass is 32.1. The standard InChI is InChI=1S/C25H28N4O2S/c1-15(2)14-28-23(22(27-25(28)32)21-10-5-6-11-26-21)20-12-16(3)29(17(20)4)19-9-7-8-18(13-19)24(30)31/h5-13,15,22-23H,14H2,1-4H3,(H,27,32)(H,30,31)/t22-,23-/m1/s1. The number of aromatic carboxylic acids is 1. The van der Waals surface area contributed by atoms with E-state index in [1.54, 1.807) is 18.2 Å². The van der Waals surface area contributed by atoms with Crippen molar-refractivity contribution in [3.8, 4) is 5.69 Å². The van der Waals surface area contributed by atoms with Gasteiger partial charge in [-0.1, -0.05) is 26.0 Å². The molecule has 1 aromatic carbocycles. The Hall–Kier alpha value is -3.19. The van der Waals surface area contributed by atoms with Gasteiger partial charge in [-0.25, -0.2) is 4.79 Å². The van der Waals surface area contributed by atoms with Crippen LogP contribution in [-0.2, 0) is 0 Å². The number of nitrogens with zero attached hydrogens (tertiary/aromatic N) is 3. The second kappa shape index (κ2) is 8.74. The molecular formula is C25H28N4O2S. The number of nitrogens with one attached hydrogen (secondary N) is 1. The predicted octanol–water partition coefficient (Wildman–Crippen LogP) is 4.82. The van der Waals surface area contributed by atoms with Crippen LogP contribution in [0.1, 0.15) is 58.9 Å². The first-order valence-corrected chi connectivity index (χ1v) is 11.2. The molecule has 0 bridgehead atoms. The molecule has 0 unspecified atom stereocenters. The van der Waals surface area contributed by atoms with Gasteiger partial charge in [-0.2, -0.15) is 0 Å². The molecule has 1 aliphatic rings. The van der Waals surface area contributed by atoms with Gasteiger partial charge in [0.05, 0.1) is 23.3 Å². The van der Waals surface area contributed by atoms with Gasteiger partial charge in [0.2, 0.25) is 0 Å². The number of aryl methyl sites for hydroxylation is 1. The van der Waals surface area contributed by atoms with E-state index in [0.29, 0.717) is 5.92 Å². The van der Waals surface area contributed by atoms with Crippen LogP contribution in [0.2, 0.25) is 0 Å². The zero-order chi connectivity index (χ0) is 23.0. The molecule has 0 aliphatic carbocycles. The predicted molar refractivity (Wildman–Crippen MR) is 129 cm³/mol. The first-order chi connectivity index (χ1) is 15.3. The Labute approximate surface area is 193 Å². The summed E-state index contributed by atoms with van der Waals surface area (Å²) in [6.45, 7) is 9.34. The van der Waals surface area contributed by atoms with E-state index in [9.17, 15) is 9.90 Å². The largest absolute Gasteiger partial charge is 0.478 e. The maximum absolute atomic E-state index is 11.5. The van der Waals surface area contributed by atoms with Gasteiger partial charge in [-0.15, -0.1) is 0 Å². The second-order valence-corrected chi connectivity index (χ2v) is 9.08. The third-order valence-corrected chi connectivity index (χ3v) is 6.25. The van der Waals surface area contributed by atoms with Crippen LogP contribution >= 0.6 is 12.2 Å². The minimum absolute atomic E-state index is 0.0117. The van der Waals surface area contributed by atoms with Crippen LogP contribution < -0.4 is 5.32 Å². The smallest absolute Gasteiger partial charge is 0.335 e. The van der Waals surface area contributed by atoms with Crippen molar-refractivity contribution in [3.63, 3.8) is 0 Å². The van der Waals surface area contributed by atoms with Gasteiger partial charge in [-0.05, 0) is 73.9 Å². The summed E-state index contributed by atoms with van der Waals surface area (Å²) in [5.74, 6) is -0.492. The minimum Gasteiger partial charge on any atom is -0.478 e. The van der Waals surface area contributed by atoms with Crippen LogP contribution in [0.15, 0.2) is 54.7 Å². The quantitative estimate of drug-likeness (QED) is 0.527. The summed E-state index contributed by atoms with van der Waals surface area (Å²) in [7, 11) is 0. The Bertz CT molecular complexity index is 1160. The second-order valence-electron chi connectivity index (χ2n) is 8.69. The number of carboxylic acid groups (broad SMARTS) is 1. The molecular weight excluding hydrogens is 420 g/mol. The molecule has 6 nitrogen and oxygen atoms in total. The van der Waals surface area contributed by atoms with E-state index in [-0.39, 0.29) is 17.6 Å². The number of benzene rings is 1. The van der Waals surface area contributed by atoms with Crippen molar-refractivity contribution in [2.75, 3.05) is 6.54 Å². The van der Waals surface area contributed by atoms with Crippen molar-refractivity contribution < 1.29 is 9.90 Å². The number of carboxylic acids is 1. The van der Waals surface area contributed by atoms with Crippen LogP contribution in [0, 0.1) is 19.8 Å². The number of aromatic nitrogens is 2. The average molecular weight is 449 g/mol. The van der Waals surface area contributed by atoms with Crippen molar-refractivity contribution in [2.24, 2.45) is 5.92 Å². The summed E-state index contributed by atoms with van der Waals surface area (Å²) in [5, 5.41) is 13.7. The Kier molecular flexibility index (Phi) is 6.02. The van der Waals surface area contributed by atoms with Gasteiger partial charge in [0, 0.05) is 29.8 Å². The lowest BCUT2D eigenvalue weighted by Crippen LogP contribution is -2.33. The Morgan fingerprint density at radius 2 is 1.97 bits per heavy atom. The van der Waals surface area contributed by atoms with Crippen LogP contribution in [0.4, 0.5) is 0 Å². The minimum atomic E-state index is -0.932. The third-order valence-electron chi connectivity index (χ3n) is 5.90. The SMILES string of the molecule is Cc1cc([C@@H]2[C@@H](c3ccccn3)NC(=S)N2CC(C)C)c(C)n1-c1cccc(C(=O)O)c1. The van der Waals surface area contributed by atoms with E-state index in [2.05, 4.69) is 46.6 Å². The first kappa shape index (κ1) is 22.0. The number of rotatable bonds is 6. The van der Waals surface area contributed by atoms with Crippen molar-refractivity contribution >= 4 is 23.3 Å². The van der Waals surface area contributed by atoms with E-state index < -0.39 is 5.97 Å². The normalized spacial score (nSPS) is 18.3. The van der Waals surface area contributed by atoms with E-state index in [4.69, 9.17) is 12.2 Å². The molecule has 32 heavy (non-hydrogen) atoms. The van der Waals surface area contributed by atoms with Crippen LogP contribution in [-0.4, -0.2) is 37.2 Å². The average Bonchev–Trinajstić information content (AvgIpc) is 3.23. The molecule has 0 amide bonds. The lowest BCUT2D eigenvalue weighted by Gasteiger charge is -2.29. The lowest BCUT2D eigenvalue weighted by atomic mass is 9.96. The monoisotopic (exact) mass is 448 g/mol. The summed E-state index contributed by atoms with van der Waals surface area (Å²) in [5.41, 5.74) is 5.33. The van der Waals surface area contributed by atoms with Crippen LogP contribution in [0.3, 0.4) is 0 Å². The Morgan fingerprint density at radius 3 is 2.62 bits per heavy atom. The topological polar surface area (TPSA) is 70.4 Å². The fourth-order valence-corrected chi connectivity index (χ4v) is 4.91. The van der Waals surface area contributed by atoms with E-state index in [1.165, 1.54) is 0 Å². The van der Waals surface area contributed by atoms with Crippen molar-refractivity contribution in [1.82, 2.24) is 19.8 Å². The molecule has 0 radical (unpaired) electrons. The summed E-state index contributed by atoms with van der Waals surface area (Å²) in [6, 6.07) is 15.1. The Balaban J connectivity index is 1.84. The highest BCUT2D eigenvalue weighted by Gasteiger charge is 2.41. The van der Waals surface area contributed by atoms with Gasteiger partial charge < -0.3 is 19.9 Å². The number of thiocarbonyl (C=S) groups is 1. The van der Waals surface area contributed by atoms with E-state index in [1.807, 2.05) is 37.4 Å². The number of carbonyl (C=O) groups is 1.